The highest BCUT2D eigenvalue weighted by atomic mass is 32.2. The molecule has 2 heteroatoms. The van der Waals surface area contributed by atoms with E-state index in [1.54, 1.807) is 0 Å². The summed E-state index contributed by atoms with van der Waals surface area (Å²) in [6, 6.07) is 6.59. The van der Waals surface area contributed by atoms with Gasteiger partial charge in [-0.3, -0.25) is 0 Å². The quantitative estimate of drug-likeness (QED) is 0.699. The highest BCUT2D eigenvalue weighted by molar-refractivity contribution is 7.99. The van der Waals surface area contributed by atoms with Gasteiger partial charge in [-0.2, -0.15) is 0 Å². The number of hydrogen-bond acceptors (Lipinski definition) is 2. The Morgan fingerprint density at radius 3 is 2.93 bits per heavy atom. The van der Waals surface area contributed by atoms with E-state index >= 15 is 0 Å². The molecule has 0 spiro atoms. The van der Waals surface area contributed by atoms with Crippen LogP contribution in [0.3, 0.4) is 0 Å². The predicted octanol–water partition coefficient (Wildman–Crippen LogP) is 3.46. The van der Waals surface area contributed by atoms with Crippen molar-refractivity contribution in [1.82, 2.24) is 0 Å². The van der Waals surface area contributed by atoms with Crippen molar-refractivity contribution in [3.05, 3.63) is 34.9 Å². The van der Waals surface area contributed by atoms with Crippen LogP contribution in [0.5, 0.6) is 0 Å². The Balaban J connectivity index is 2.24. The van der Waals surface area contributed by atoms with Gasteiger partial charge in [-0.15, -0.1) is 11.8 Å². The number of benzene rings is 1. The molecule has 0 aromatic heterocycles. The third kappa shape index (κ3) is 2.12. The molecule has 0 aliphatic carbocycles. The van der Waals surface area contributed by atoms with Gasteiger partial charge in [-0.05, 0) is 37.1 Å². The summed E-state index contributed by atoms with van der Waals surface area (Å²) in [7, 11) is 0. The van der Waals surface area contributed by atoms with Crippen LogP contribution in [0.4, 0.5) is 0 Å². The fraction of sp³-hybridized carbons (Fsp3) is 0.500. The summed E-state index contributed by atoms with van der Waals surface area (Å²) in [6.45, 7) is 5.20. The van der Waals surface area contributed by atoms with Crippen molar-refractivity contribution in [2.75, 3.05) is 12.4 Å². The lowest BCUT2D eigenvalue weighted by atomic mass is 10.1. The van der Waals surface area contributed by atoms with Crippen LogP contribution in [-0.2, 0) is 4.74 Å². The maximum absolute atomic E-state index is 5.76. The van der Waals surface area contributed by atoms with Crippen LogP contribution in [0, 0.1) is 13.8 Å². The second-order valence-electron chi connectivity index (χ2n) is 3.79. The first-order chi connectivity index (χ1) is 6.77. The minimum absolute atomic E-state index is 0.267. The molecule has 1 aromatic rings. The van der Waals surface area contributed by atoms with Crippen LogP contribution >= 0.6 is 11.8 Å². The van der Waals surface area contributed by atoms with Crippen LogP contribution in [-0.4, -0.2) is 12.4 Å². The van der Waals surface area contributed by atoms with Gasteiger partial charge < -0.3 is 4.74 Å². The second kappa shape index (κ2) is 4.37. The Kier molecular flexibility index (Phi) is 3.14. The van der Waals surface area contributed by atoms with Crippen molar-refractivity contribution in [3.8, 4) is 0 Å². The second-order valence-corrected chi connectivity index (χ2v) is 4.96. The van der Waals surface area contributed by atoms with E-state index in [1.807, 2.05) is 11.8 Å². The van der Waals surface area contributed by atoms with Crippen LogP contribution < -0.4 is 0 Å². The largest absolute Gasteiger partial charge is 0.363 e. The molecule has 14 heavy (non-hydrogen) atoms. The smallest absolute Gasteiger partial charge is 0.128 e. The molecule has 1 heterocycles. The summed E-state index contributed by atoms with van der Waals surface area (Å²) in [6.07, 6.45) is 1.19. The maximum Gasteiger partial charge on any atom is 0.128 e. The summed E-state index contributed by atoms with van der Waals surface area (Å²) in [5.41, 5.74) is 4.29. The molecular weight excluding hydrogens is 192 g/mol. The summed E-state index contributed by atoms with van der Waals surface area (Å²) in [4.78, 5) is 0. The van der Waals surface area contributed by atoms with Gasteiger partial charge in [0.1, 0.15) is 5.44 Å². The standard InChI is InChI=1S/C12H16OS/c1-9-4-5-10(2)11(8-9)12-13-6-3-7-14-12/h4-5,8,12H,3,6-7H2,1-2H3. The minimum atomic E-state index is 0.267. The Bertz CT molecular complexity index is 316. The van der Waals surface area contributed by atoms with Crippen molar-refractivity contribution in [1.29, 1.82) is 0 Å². The van der Waals surface area contributed by atoms with Crippen molar-refractivity contribution >= 4 is 11.8 Å². The zero-order chi connectivity index (χ0) is 9.97. The van der Waals surface area contributed by atoms with Crippen molar-refractivity contribution in [3.63, 3.8) is 0 Å². The van der Waals surface area contributed by atoms with E-state index in [2.05, 4.69) is 32.0 Å². The lowest BCUT2D eigenvalue weighted by molar-refractivity contribution is 0.106. The first-order valence-electron chi connectivity index (χ1n) is 5.08. The first-order valence-corrected chi connectivity index (χ1v) is 6.12. The van der Waals surface area contributed by atoms with Crippen molar-refractivity contribution < 1.29 is 4.74 Å². The van der Waals surface area contributed by atoms with Gasteiger partial charge in [-0.1, -0.05) is 23.8 Å². The van der Waals surface area contributed by atoms with E-state index in [0.29, 0.717) is 0 Å². The van der Waals surface area contributed by atoms with Gasteiger partial charge in [0.25, 0.3) is 0 Å². The molecule has 1 nitrogen and oxygen atoms in total. The van der Waals surface area contributed by atoms with Gasteiger partial charge >= 0.3 is 0 Å². The zero-order valence-corrected chi connectivity index (χ0v) is 9.56. The molecule has 0 radical (unpaired) electrons. The molecule has 0 saturated carbocycles. The third-order valence-electron chi connectivity index (χ3n) is 2.52. The molecule has 1 aliphatic heterocycles. The molecule has 0 N–H and O–H groups in total. The van der Waals surface area contributed by atoms with Gasteiger partial charge in [0, 0.05) is 6.61 Å². The third-order valence-corrected chi connectivity index (χ3v) is 3.73. The maximum atomic E-state index is 5.76. The Labute approximate surface area is 89.9 Å². The summed E-state index contributed by atoms with van der Waals surface area (Å²) in [5.74, 6) is 1.22. The van der Waals surface area contributed by atoms with Crippen LogP contribution in [0.15, 0.2) is 18.2 Å². The average Bonchev–Trinajstić information content (AvgIpc) is 2.23. The number of hydrogen-bond donors (Lipinski definition) is 0. The van der Waals surface area contributed by atoms with Crippen LogP contribution in [0.1, 0.15) is 28.5 Å². The molecule has 1 atom stereocenters. The van der Waals surface area contributed by atoms with Gasteiger partial charge in [-0.25, -0.2) is 0 Å². The molecule has 0 bridgehead atoms. The van der Waals surface area contributed by atoms with E-state index in [-0.39, 0.29) is 5.44 Å². The first kappa shape index (κ1) is 10.1. The molecule has 0 amide bonds. The predicted molar refractivity (Wildman–Crippen MR) is 61.7 cm³/mol. The van der Waals surface area contributed by atoms with Gasteiger partial charge in [0.15, 0.2) is 0 Å². The normalized spacial score (nSPS) is 22.3. The number of ether oxygens (including phenoxy) is 1. The van der Waals surface area contributed by atoms with Gasteiger partial charge in [0.05, 0.1) is 0 Å². The van der Waals surface area contributed by atoms with E-state index in [9.17, 15) is 0 Å². The minimum Gasteiger partial charge on any atom is -0.363 e. The molecule has 1 unspecified atom stereocenters. The number of thioether (sulfide) groups is 1. The fourth-order valence-electron chi connectivity index (χ4n) is 1.68. The molecule has 1 fully saturated rings. The molecule has 76 valence electrons. The molecule has 1 aromatic carbocycles. The number of rotatable bonds is 1. The van der Waals surface area contributed by atoms with Crippen molar-refractivity contribution in [2.24, 2.45) is 0 Å². The zero-order valence-electron chi connectivity index (χ0n) is 8.75. The Hall–Kier alpha value is -0.470. The molecule has 1 saturated heterocycles. The summed E-state index contributed by atoms with van der Waals surface area (Å²) in [5, 5.41) is 0. The molecular formula is C12H16OS. The van der Waals surface area contributed by atoms with Gasteiger partial charge in [0.2, 0.25) is 0 Å². The molecule has 1 aliphatic rings. The topological polar surface area (TPSA) is 9.23 Å². The van der Waals surface area contributed by atoms with Crippen LogP contribution in [0.25, 0.3) is 0 Å². The Morgan fingerprint density at radius 1 is 1.36 bits per heavy atom. The number of aryl methyl sites for hydroxylation is 2. The average molecular weight is 208 g/mol. The van der Waals surface area contributed by atoms with Crippen molar-refractivity contribution in [2.45, 2.75) is 25.7 Å². The van der Waals surface area contributed by atoms with Crippen LogP contribution in [0.2, 0.25) is 0 Å². The van der Waals surface area contributed by atoms with E-state index in [0.717, 1.165) is 6.61 Å². The highest BCUT2D eigenvalue weighted by Gasteiger charge is 2.18. The van der Waals surface area contributed by atoms with E-state index in [4.69, 9.17) is 4.74 Å². The SMILES string of the molecule is Cc1ccc(C)c(C2OCCCS2)c1. The van der Waals surface area contributed by atoms with E-state index < -0.39 is 0 Å². The van der Waals surface area contributed by atoms with E-state index in [1.165, 1.54) is 28.9 Å². The lowest BCUT2D eigenvalue weighted by Crippen LogP contribution is -2.10. The fourth-order valence-corrected chi connectivity index (χ4v) is 2.81. The molecule has 2 rings (SSSR count). The highest BCUT2D eigenvalue weighted by Crippen LogP contribution is 2.35. The Morgan fingerprint density at radius 2 is 2.21 bits per heavy atom. The monoisotopic (exact) mass is 208 g/mol. The lowest BCUT2D eigenvalue weighted by Gasteiger charge is -2.24. The summed E-state index contributed by atoms with van der Waals surface area (Å²) >= 11 is 1.92. The summed E-state index contributed by atoms with van der Waals surface area (Å²) < 4.78 is 5.76.